The number of carbonyl (C=O) groups is 1. The van der Waals surface area contributed by atoms with Crippen LogP contribution < -0.4 is 11.2 Å². The SMILES string of the molecule is Cc1cccc2[nH]cc(C(C)n3c(=O)n(C(CC(=O)O)Cc4ccccc4)c(=O)c4ccccc43)c12. The lowest BCUT2D eigenvalue weighted by molar-refractivity contribution is -0.137. The average molecular weight is 482 g/mol. The minimum atomic E-state index is -1.07. The number of hydrogen-bond donors (Lipinski definition) is 2. The number of benzene rings is 3. The van der Waals surface area contributed by atoms with Crippen LogP contribution in [0.5, 0.6) is 0 Å². The Morgan fingerprint density at radius 2 is 1.67 bits per heavy atom. The fourth-order valence-corrected chi connectivity index (χ4v) is 5.21. The highest BCUT2D eigenvalue weighted by Gasteiger charge is 2.26. The van der Waals surface area contributed by atoms with Crippen LogP contribution in [0.4, 0.5) is 0 Å². The van der Waals surface area contributed by atoms with Gasteiger partial charge in [-0.25, -0.2) is 4.79 Å². The van der Waals surface area contributed by atoms with Gasteiger partial charge in [0.05, 0.1) is 29.4 Å². The quantitative estimate of drug-likeness (QED) is 0.348. The summed E-state index contributed by atoms with van der Waals surface area (Å²) in [6.45, 7) is 3.96. The zero-order valence-corrected chi connectivity index (χ0v) is 20.1. The molecule has 182 valence electrons. The number of aromatic nitrogens is 3. The van der Waals surface area contributed by atoms with Crippen LogP contribution in [-0.2, 0) is 11.2 Å². The first kappa shape index (κ1) is 23.4. The minimum Gasteiger partial charge on any atom is -0.481 e. The summed E-state index contributed by atoms with van der Waals surface area (Å²) in [7, 11) is 0. The van der Waals surface area contributed by atoms with E-state index in [0.29, 0.717) is 10.9 Å². The molecule has 0 aliphatic rings. The van der Waals surface area contributed by atoms with Crippen molar-refractivity contribution in [1.29, 1.82) is 0 Å². The Morgan fingerprint density at radius 3 is 2.42 bits per heavy atom. The summed E-state index contributed by atoms with van der Waals surface area (Å²) < 4.78 is 2.76. The van der Waals surface area contributed by atoms with Crippen molar-refractivity contribution in [3.63, 3.8) is 0 Å². The number of rotatable bonds is 7. The zero-order chi connectivity index (χ0) is 25.4. The van der Waals surface area contributed by atoms with E-state index in [0.717, 1.165) is 32.2 Å². The molecule has 5 rings (SSSR count). The van der Waals surface area contributed by atoms with E-state index in [1.165, 1.54) is 0 Å². The Labute approximate surface area is 207 Å². The van der Waals surface area contributed by atoms with Crippen LogP contribution in [0.2, 0.25) is 0 Å². The first-order valence-electron chi connectivity index (χ1n) is 11.9. The number of nitrogens with one attached hydrogen (secondary N) is 1. The summed E-state index contributed by atoms with van der Waals surface area (Å²) in [5, 5.41) is 11.1. The molecular weight excluding hydrogens is 454 g/mol. The molecule has 0 amide bonds. The van der Waals surface area contributed by atoms with Gasteiger partial charge < -0.3 is 10.1 Å². The van der Waals surface area contributed by atoms with E-state index in [-0.39, 0.29) is 12.8 Å². The highest BCUT2D eigenvalue weighted by Crippen LogP contribution is 2.30. The van der Waals surface area contributed by atoms with Gasteiger partial charge >= 0.3 is 11.7 Å². The Balaban J connectivity index is 1.77. The third kappa shape index (κ3) is 4.02. The molecule has 7 nitrogen and oxygen atoms in total. The molecule has 2 heterocycles. The molecule has 0 aliphatic carbocycles. The average Bonchev–Trinajstić information content (AvgIpc) is 3.30. The van der Waals surface area contributed by atoms with Crippen LogP contribution >= 0.6 is 0 Å². The van der Waals surface area contributed by atoms with Crippen molar-refractivity contribution in [1.82, 2.24) is 14.1 Å². The third-order valence-electron chi connectivity index (χ3n) is 6.90. The Morgan fingerprint density at radius 1 is 0.944 bits per heavy atom. The lowest BCUT2D eigenvalue weighted by Crippen LogP contribution is -2.44. The zero-order valence-electron chi connectivity index (χ0n) is 20.1. The maximum atomic E-state index is 14.1. The number of aromatic amines is 1. The standard InChI is InChI=1S/C29H27N3O4/c1-18-9-8-13-24-27(18)23(17-30-24)19(2)31-25-14-7-6-12-22(25)28(35)32(29(31)36)21(16-26(33)34)15-20-10-4-3-5-11-20/h3-14,17,19,21,30H,15-16H2,1-2H3,(H,33,34). The van der Waals surface area contributed by atoms with Crippen LogP contribution in [0.25, 0.3) is 21.8 Å². The summed E-state index contributed by atoms with van der Waals surface area (Å²) >= 11 is 0. The Kier molecular flexibility index (Phi) is 6.06. The van der Waals surface area contributed by atoms with Crippen molar-refractivity contribution in [2.75, 3.05) is 0 Å². The molecular formula is C29H27N3O4. The highest BCUT2D eigenvalue weighted by molar-refractivity contribution is 5.87. The number of carboxylic acids is 1. The van der Waals surface area contributed by atoms with Gasteiger partial charge in [0.25, 0.3) is 5.56 Å². The van der Waals surface area contributed by atoms with Gasteiger partial charge in [0.2, 0.25) is 0 Å². The van der Waals surface area contributed by atoms with Crippen molar-refractivity contribution >= 4 is 27.8 Å². The smallest absolute Gasteiger partial charge is 0.332 e. The number of hydrogen-bond acceptors (Lipinski definition) is 3. The molecule has 0 saturated heterocycles. The van der Waals surface area contributed by atoms with E-state index in [1.54, 1.807) is 28.8 Å². The maximum Gasteiger partial charge on any atom is 0.332 e. The van der Waals surface area contributed by atoms with Crippen LogP contribution in [0.3, 0.4) is 0 Å². The van der Waals surface area contributed by atoms with Gasteiger partial charge in [0.1, 0.15) is 0 Å². The predicted octanol–water partition coefficient (Wildman–Crippen LogP) is 4.82. The molecule has 2 atom stereocenters. The molecule has 7 heteroatoms. The molecule has 2 N–H and O–H groups in total. The van der Waals surface area contributed by atoms with E-state index in [4.69, 9.17) is 0 Å². The molecule has 3 aromatic carbocycles. The molecule has 0 spiro atoms. The van der Waals surface area contributed by atoms with Gasteiger partial charge in [-0.1, -0.05) is 54.6 Å². The summed E-state index contributed by atoms with van der Waals surface area (Å²) in [6, 6.07) is 21.1. The molecule has 0 aliphatic heterocycles. The largest absolute Gasteiger partial charge is 0.481 e. The molecule has 2 unspecified atom stereocenters. The van der Waals surface area contributed by atoms with Gasteiger partial charge in [0, 0.05) is 22.7 Å². The lowest BCUT2D eigenvalue weighted by Gasteiger charge is -2.24. The minimum absolute atomic E-state index is 0.251. The van der Waals surface area contributed by atoms with Crippen molar-refractivity contribution in [2.24, 2.45) is 0 Å². The van der Waals surface area contributed by atoms with Gasteiger partial charge in [0.15, 0.2) is 0 Å². The summed E-state index contributed by atoms with van der Waals surface area (Å²) in [5.74, 6) is -1.07. The Bertz CT molecular complexity index is 1700. The van der Waals surface area contributed by atoms with Crippen molar-refractivity contribution in [2.45, 2.75) is 38.8 Å². The topological polar surface area (TPSA) is 97.1 Å². The molecule has 0 fully saturated rings. The van der Waals surface area contributed by atoms with Crippen LogP contribution in [-0.4, -0.2) is 25.2 Å². The van der Waals surface area contributed by atoms with Crippen LogP contribution in [0.15, 0.2) is 88.6 Å². The fourth-order valence-electron chi connectivity index (χ4n) is 5.21. The summed E-state index contributed by atoms with van der Waals surface area (Å²) in [4.78, 5) is 42.9. The van der Waals surface area contributed by atoms with Gasteiger partial charge in [-0.2, -0.15) is 0 Å². The second kappa shape index (κ2) is 9.34. The van der Waals surface area contributed by atoms with Crippen molar-refractivity contribution in [3.8, 4) is 0 Å². The van der Waals surface area contributed by atoms with Crippen molar-refractivity contribution in [3.05, 3.63) is 117 Å². The lowest BCUT2D eigenvalue weighted by atomic mass is 10.0. The first-order chi connectivity index (χ1) is 17.4. The van der Waals surface area contributed by atoms with Gasteiger partial charge in [-0.3, -0.25) is 18.7 Å². The maximum absolute atomic E-state index is 14.1. The number of fused-ring (bicyclic) bond motifs is 2. The summed E-state index contributed by atoms with van der Waals surface area (Å²) in [5.41, 5.74) is 3.36. The van der Waals surface area contributed by atoms with E-state index in [2.05, 4.69) is 4.98 Å². The van der Waals surface area contributed by atoms with E-state index in [1.807, 2.05) is 68.6 Å². The normalized spacial score (nSPS) is 13.2. The van der Waals surface area contributed by atoms with E-state index in [9.17, 15) is 19.5 Å². The predicted molar refractivity (Wildman–Crippen MR) is 141 cm³/mol. The van der Waals surface area contributed by atoms with Gasteiger partial charge in [-0.05, 0) is 49.6 Å². The number of aryl methyl sites for hydroxylation is 1. The third-order valence-corrected chi connectivity index (χ3v) is 6.90. The second-order valence-corrected chi connectivity index (χ2v) is 9.20. The monoisotopic (exact) mass is 481 g/mol. The summed E-state index contributed by atoms with van der Waals surface area (Å²) in [6.07, 6.45) is 1.81. The number of nitrogens with zero attached hydrogens (tertiary/aromatic N) is 2. The number of aliphatic carboxylic acids is 1. The number of H-pyrrole nitrogens is 1. The van der Waals surface area contributed by atoms with Crippen molar-refractivity contribution < 1.29 is 9.90 Å². The highest BCUT2D eigenvalue weighted by atomic mass is 16.4. The molecule has 0 bridgehead atoms. The molecule has 0 radical (unpaired) electrons. The molecule has 2 aromatic heterocycles. The number of para-hydroxylation sites is 1. The molecule has 0 saturated carbocycles. The van der Waals surface area contributed by atoms with E-state index < -0.39 is 29.3 Å². The molecule has 36 heavy (non-hydrogen) atoms. The second-order valence-electron chi connectivity index (χ2n) is 9.20. The number of carboxylic acid groups (broad SMARTS) is 1. The van der Waals surface area contributed by atoms with Gasteiger partial charge in [-0.15, -0.1) is 0 Å². The van der Waals surface area contributed by atoms with E-state index >= 15 is 0 Å². The van der Waals surface area contributed by atoms with Crippen LogP contribution in [0, 0.1) is 6.92 Å². The fraction of sp³-hybridized carbons (Fsp3) is 0.207. The first-order valence-corrected chi connectivity index (χ1v) is 11.9. The van der Waals surface area contributed by atoms with Crippen LogP contribution in [0.1, 0.15) is 42.1 Å². The molecule has 5 aromatic rings. The Hall–Kier alpha value is -4.39.